The highest BCUT2D eigenvalue weighted by Gasteiger charge is 2.03. The number of hydrogen-bond acceptors (Lipinski definition) is 5. The SMILES string of the molecule is OCc1nnsc1CO. The average molecular weight is 146 g/mol. The van der Waals surface area contributed by atoms with Gasteiger partial charge in [-0.25, -0.2) is 0 Å². The zero-order valence-corrected chi connectivity index (χ0v) is 5.43. The Labute approximate surface area is 55.9 Å². The van der Waals surface area contributed by atoms with E-state index in [1.807, 2.05) is 0 Å². The van der Waals surface area contributed by atoms with Crippen molar-refractivity contribution >= 4 is 11.5 Å². The molecule has 1 aromatic heterocycles. The van der Waals surface area contributed by atoms with Gasteiger partial charge in [0.25, 0.3) is 0 Å². The number of aromatic nitrogens is 2. The minimum Gasteiger partial charge on any atom is -0.391 e. The molecule has 50 valence electrons. The third-order valence-corrected chi connectivity index (χ3v) is 1.68. The van der Waals surface area contributed by atoms with Crippen LogP contribution in [0.25, 0.3) is 0 Å². The number of nitrogens with zero attached hydrogens (tertiary/aromatic N) is 2. The van der Waals surface area contributed by atoms with Crippen molar-refractivity contribution in [2.75, 3.05) is 0 Å². The van der Waals surface area contributed by atoms with Crippen LogP contribution in [0.3, 0.4) is 0 Å². The molecular formula is C4H6N2O2S. The Balaban J connectivity index is 2.85. The van der Waals surface area contributed by atoms with Gasteiger partial charge in [0.05, 0.1) is 18.1 Å². The van der Waals surface area contributed by atoms with Crippen LogP contribution in [0, 0.1) is 0 Å². The van der Waals surface area contributed by atoms with Gasteiger partial charge in [0.1, 0.15) is 5.69 Å². The van der Waals surface area contributed by atoms with Crippen molar-refractivity contribution in [3.63, 3.8) is 0 Å². The zero-order chi connectivity index (χ0) is 6.69. The minimum absolute atomic E-state index is 0.0897. The molecular weight excluding hydrogens is 140 g/mol. The van der Waals surface area contributed by atoms with Crippen molar-refractivity contribution in [2.45, 2.75) is 13.2 Å². The molecule has 0 aliphatic rings. The van der Waals surface area contributed by atoms with Gasteiger partial charge >= 0.3 is 0 Å². The second-order valence-electron chi connectivity index (χ2n) is 1.46. The van der Waals surface area contributed by atoms with Gasteiger partial charge in [-0.2, -0.15) is 0 Å². The zero-order valence-electron chi connectivity index (χ0n) is 4.61. The molecule has 0 amide bonds. The van der Waals surface area contributed by atoms with Crippen LogP contribution in [0.4, 0.5) is 0 Å². The molecule has 0 fully saturated rings. The first kappa shape index (κ1) is 6.60. The summed E-state index contributed by atoms with van der Waals surface area (Å²) in [5.41, 5.74) is 0.475. The molecule has 0 saturated heterocycles. The Bertz CT molecular complexity index is 170. The fourth-order valence-corrected chi connectivity index (χ4v) is 0.974. The van der Waals surface area contributed by atoms with Crippen molar-refractivity contribution in [3.8, 4) is 0 Å². The number of hydrogen-bond donors (Lipinski definition) is 2. The fraction of sp³-hybridized carbons (Fsp3) is 0.500. The number of aliphatic hydroxyl groups is 2. The maximum Gasteiger partial charge on any atom is 0.106 e. The second kappa shape index (κ2) is 2.86. The van der Waals surface area contributed by atoms with Gasteiger partial charge in [0, 0.05) is 0 Å². The Morgan fingerprint density at radius 3 is 2.56 bits per heavy atom. The molecule has 5 heteroatoms. The molecule has 9 heavy (non-hydrogen) atoms. The average Bonchev–Trinajstić information content (AvgIpc) is 2.33. The molecule has 0 radical (unpaired) electrons. The van der Waals surface area contributed by atoms with Crippen LogP contribution in [0.1, 0.15) is 10.6 Å². The fourth-order valence-electron chi connectivity index (χ4n) is 0.467. The maximum atomic E-state index is 8.56. The summed E-state index contributed by atoms with van der Waals surface area (Å²) in [5.74, 6) is 0. The third-order valence-electron chi connectivity index (χ3n) is 0.928. The monoisotopic (exact) mass is 146 g/mol. The Kier molecular flexibility index (Phi) is 2.10. The predicted molar refractivity (Wildman–Crippen MR) is 31.8 cm³/mol. The molecule has 4 nitrogen and oxygen atoms in total. The van der Waals surface area contributed by atoms with Gasteiger partial charge in [-0.15, -0.1) is 5.10 Å². The smallest absolute Gasteiger partial charge is 0.106 e. The normalized spacial score (nSPS) is 10.0. The summed E-state index contributed by atoms with van der Waals surface area (Å²) in [5, 5.41) is 20.7. The molecule has 0 atom stereocenters. The van der Waals surface area contributed by atoms with Crippen LogP contribution in [0.2, 0.25) is 0 Å². The lowest BCUT2D eigenvalue weighted by molar-refractivity contribution is 0.259. The van der Waals surface area contributed by atoms with E-state index in [1.165, 1.54) is 0 Å². The van der Waals surface area contributed by atoms with E-state index in [4.69, 9.17) is 10.2 Å². The molecule has 1 heterocycles. The van der Waals surface area contributed by atoms with Crippen molar-refractivity contribution in [3.05, 3.63) is 10.6 Å². The van der Waals surface area contributed by atoms with Gasteiger partial charge in [-0.05, 0) is 11.5 Å². The predicted octanol–water partition coefficient (Wildman–Crippen LogP) is -0.477. The topological polar surface area (TPSA) is 66.2 Å². The Morgan fingerprint density at radius 1 is 1.33 bits per heavy atom. The first-order chi connectivity index (χ1) is 4.38. The molecule has 0 bridgehead atoms. The van der Waals surface area contributed by atoms with Crippen LogP contribution >= 0.6 is 11.5 Å². The summed E-state index contributed by atoms with van der Waals surface area (Å²) in [6.45, 7) is -0.236. The molecule has 0 aromatic carbocycles. The second-order valence-corrected chi connectivity index (χ2v) is 2.30. The molecule has 0 saturated carbocycles. The van der Waals surface area contributed by atoms with Gasteiger partial charge in [-0.1, -0.05) is 4.49 Å². The highest BCUT2D eigenvalue weighted by Crippen LogP contribution is 2.08. The molecule has 0 spiro atoms. The molecule has 0 aliphatic heterocycles. The highest BCUT2D eigenvalue weighted by atomic mass is 32.1. The third kappa shape index (κ3) is 1.24. The van der Waals surface area contributed by atoms with Crippen molar-refractivity contribution < 1.29 is 10.2 Å². The van der Waals surface area contributed by atoms with Gasteiger partial charge in [-0.3, -0.25) is 0 Å². The first-order valence-electron chi connectivity index (χ1n) is 2.40. The molecule has 1 aromatic rings. The lowest BCUT2D eigenvalue weighted by atomic mass is 10.4. The maximum absolute atomic E-state index is 8.56. The Morgan fingerprint density at radius 2 is 2.11 bits per heavy atom. The van der Waals surface area contributed by atoms with Gasteiger partial charge in [0.15, 0.2) is 0 Å². The van der Waals surface area contributed by atoms with E-state index in [0.29, 0.717) is 10.6 Å². The number of rotatable bonds is 2. The van der Waals surface area contributed by atoms with E-state index in [9.17, 15) is 0 Å². The minimum atomic E-state index is -0.146. The summed E-state index contributed by atoms with van der Waals surface area (Å²) >= 11 is 1.10. The van der Waals surface area contributed by atoms with E-state index >= 15 is 0 Å². The van der Waals surface area contributed by atoms with Crippen LogP contribution in [0.15, 0.2) is 0 Å². The summed E-state index contributed by atoms with van der Waals surface area (Å²) in [6.07, 6.45) is 0. The van der Waals surface area contributed by atoms with E-state index in [2.05, 4.69) is 9.59 Å². The van der Waals surface area contributed by atoms with E-state index in [1.54, 1.807) is 0 Å². The molecule has 1 rings (SSSR count). The van der Waals surface area contributed by atoms with Gasteiger partial charge < -0.3 is 10.2 Å². The summed E-state index contributed by atoms with van der Waals surface area (Å²) in [7, 11) is 0. The van der Waals surface area contributed by atoms with Crippen molar-refractivity contribution in [2.24, 2.45) is 0 Å². The van der Waals surface area contributed by atoms with E-state index in [0.717, 1.165) is 11.5 Å². The highest BCUT2D eigenvalue weighted by molar-refractivity contribution is 7.05. The van der Waals surface area contributed by atoms with Crippen LogP contribution < -0.4 is 0 Å². The lowest BCUT2D eigenvalue weighted by Crippen LogP contribution is -1.88. The van der Waals surface area contributed by atoms with Crippen molar-refractivity contribution in [1.82, 2.24) is 9.59 Å². The van der Waals surface area contributed by atoms with E-state index in [-0.39, 0.29) is 13.2 Å². The summed E-state index contributed by atoms with van der Waals surface area (Å²) in [6, 6.07) is 0. The van der Waals surface area contributed by atoms with E-state index < -0.39 is 0 Å². The molecule has 0 aliphatic carbocycles. The van der Waals surface area contributed by atoms with Crippen LogP contribution in [0.5, 0.6) is 0 Å². The standard InChI is InChI=1S/C4H6N2O2S/c7-1-3-4(2-8)9-6-5-3/h7-8H,1-2H2. The number of aliphatic hydroxyl groups excluding tert-OH is 2. The Hall–Kier alpha value is -0.520. The molecule has 2 N–H and O–H groups in total. The quantitative estimate of drug-likeness (QED) is 0.591. The lowest BCUT2D eigenvalue weighted by Gasteiger charge is -1.87. The molecule has 0 unspecified atom stereocenters. The van der Waals surface area contributed by atoms with Crippen molar-refractivity contribution in [1.29, 1.82) is 0 Å². The van der Waals surface area contributed by atoms with Crippen LogP contribution in [-0.2, 0) is 13.2 Å². The largest absolute Gasteiger partial charge is 0.391 e. The summed E-state index contributed by atoms with van der Waals surface area (Å²) < 4.78 is 3.54. The summed E-state index contributed by atoms with van der Waals surface area (Å²) in [4.78, 5) is 0.637. The van der Waals surface area contributed by atoms with Gasteiger partial charge in [0.2, 0.25) is 0 Å². The first-order valence-corrected chi connectivity index (χ1v) is 3.17. The van der Waals surface area contributed by atoms with Crippen LogP contribution in [-0.4, -0.2) is 19.8 Å².